The van der Waals surface area contributed by atoms with Gasteiger partial charge in [-0.1, -0.05) is 23.7 Å². The third kappa shape index (κ3) is 4.39. The second-order valence-electron chi connectivity index (χ2n) is 4.63. The highest BCUT2D eigenvalue weighted by atomic mass is 35.5. The first-order valence-corrected chi connectivity index (χ1v) is 6.90. The third-order valence-electron chi connectivity index (χ3n) is 3.05. The Kier molecular flexibility index (Phi) is 5.06. The number of anilines is 2. The summed E-state index contributed by atoms with van der Waals surface area (Å²) in [4.78, 5) is 11.1. The second kappa shape index (κ2) is 6.99. The smallest absolute Gasteiger partial charge is 0.411 e. The van der Waals surface area contributed by atoms with Crippen LogP contribution in [0.2, 0.25) is 5.02 Å². The highest BCUT2D eigenvalue weighted by Gasteiger charge is 2.01. The molecule has 21 heavy (non-hydrogen) atoms. The summed E-state index contributed by atoms with van der Waals surface area (Å²) >= 11 is 6.10. The second-order valence-corrected chi connectivity index (χ2v) is 5.04. The van der Waals surface area contributed by atoms with Crippen LogP contribution in [-0.2, 0) is 11.3 Å². The van der Waals surface area contributed by atoms with Gasteiger partial charge in [-0.2, -0.15) is 0 Å². The summed E-state index contributed by atoms with van der Waals surface area (Å²) in [7, 11) is 1.33. The van der Waals surface area contributed by atoms with Gasteiger partial charge in [-0.05, 0) is 48.4 Å². The van der Waals surface area contributed by atoms with Crippen LogP contribution in [0.3, 0.4) is 0 Å². The number of nitrogens with one attached hydrogen (secondary N) is 2. The minimum Gasteiger partial charge on any atom is -0.453 e. The zero-order valence-corrected chi connectivity index (χ0v) is 12.7. The SMILES string of the molecule is COC(=O)Nc1ccc(NCc2ccc(C)c(Cl)c2)cc1. The van der Waals surface area contributed by atoms with Gasteiger partial charge in [-0.25, -0.2) is 4.79 Å². The van der Waals surface area contributed by atoms with Crippen molar-refractivity contribution in [2.24, 2.45) is 0 Å². The standard InChI is InChI=1S/C16H17ClN2O2/c1-11-3-4-12(9-15(11)17)10-18-13-5-7-14(8-6-13)19-16(20)21-2/h3-9,18H,10H2,1-2H3,(H,19,20). The first-order chi connectivity index (χ1) is 10.1. The molecule has 0 saturated heterocycles. The molecule has 0 aromatic heterocycles. The number of carbonyl (C=O) groups is 1. The monoisotopic (exact) mass is 304 g/mol. The molecule has 0 aliphatic carbocycles. The van der Waals surface area contributed by atoms with Crippen LogP contribution in [0.1, 0.15) is 11.1 Å². The van der Waals surface area contributed by atoms with Gasteiger partial charge in [0.2, 0.25) is 0 Å². The fourth-order valence-electron chi connectivity index (χ4n) is 1.79. The maximum absolute atomic E-state index is 11.1. The lowest BCUT2D eigenvalue weighted by Crippen LogP contribution is -2.10. The van der Waals surface area contributed by atoms with Crippen LogP contribution in [0, 0.1) is 6.92 Å². The lowest BCUT2D eigenvalue weighted by molar-refractivity contribution is 0.187. The van der Waals surface area contributed by atoms with Crippen LogP contribution in [0.5, 0.6) is 0 Å². The van der Waals surface area contributed by atoms with Crippen molar-refractivity contribution in [1.29, 1.82) is 0 Å². The topological polar surface area (TPSA) is 50.4 Å². The number of amides is 1. The Morgan fingerprint density at radius 3 is 2.43 bits per heavy atom. The maximum Gasteiger partial charge on any atom is 0.411 e. The minimum atomic E-state index is -0.481. The van der Waals surface area contributed by atoms with Crippen molar-refractivity contribution in [3.63, 3.8) is 0 Å². The molecule has 0 aliphatic rings. The quantitative estimate of drug-likeness (QED) is 0.878. The first kappa shape index (κ1) is 15.2. The first-order valence-electron chi connectivity index (χ1n) is 6.52. The highest BCUT2D eigenvalue weighted by molar-refractivity contribution is 6.31. The molecule has 0 aliphatic heterocycles. The van der Waals surface area contributed by atoms with Crippen LogP contribution >= 0.6 is 11.6 Å². The van der Waals surface area contributed by atoms with E-state index in [9.17, 15) is 4.79 Å². The molecule has 0 radical (unpaired) electrons. The third-order valence-corrected chi connectivity index (χ3v) is 3.46. The molecular formula is C16H17ClN2O2. The predicted octanol–water partition coefficient (Wildman–Crippen LogP) is 4.44. The van der Waals surface area contributed by atoms with E-state index in [2.05, 4.69) is 15.4 Å². The molecule has 0 unspecified atom stereocenters. The number of carbonyl (C=O) groups excluding carboxylic acids is 1. The average molecular weight is 305 g/mol. The van der Waals surface area contributed by atoms with Crippen molar-refractivity contribution < 1.29 is 9.53 Å². The van der Waals surface area contributed by atoms with Gasteiger partial charge in [-0.15, -0.1) is 0 Å². The Hall–Kier alpha value is -2.20. The fraction of sp³-hybridized carbons (Fsp3) is 0.188. The zero-order chi connectivity index (χ0) is 15.2. The molecule has 0 fully saturated rings. The fourth-order valence-corrected chi connectivity index (χ4v) is 1.99. The minimum absolute atomic E-state index is 0.481. The molecule has 0 heterocycles. The predicted molar refractivity (Wildman–Crippen MR) is 86.0 cm³/mol. The number of ether oxygens (including phenoxy) is 1. The molecule has 0 atom stereocenters. The Morgan fingerprint density at radius 2 is 1.81 bits per heavy atom. The number of benzene rings is 2. The van der Waals surface area contributed by atoms with Gasteiger partial charge in [0.05, 0.1) is 7.11 Å². The van der Waals surface area contributed by atoms with Gasteiger partial charge >= 0.3 is 6.09 Å². The van der Waals surface area contributed by atoms with E-state index in [1.165, 1.54) is 7.11 Å². The number of rotatable bonds is 4. The Labute approximate surface area is 129 Å². The van der Waals surface area contributed by atoms with Crippen LogP contribution in [0.4, 0.5) is 16.2 Å². The summed E-state index contributed by atoms with van der Waals surface area (Å²) in [5.41, 5.74) is 3.83. The van der Waals surface area contributed by atoms with Crippen molar-refractivity contribution >= 4 is 29.1 Å². The molecule has 0 bridgehead atoms. The molecule has 4 nitrogen and oxygen atoms in total. The molecule has 110 valence electrons. The molecule has 2 aromatic carbocycles. The molecule has 2 rings (SSSR count). The summed E-state index contributed by atoms with van der Waals surface area (Å²) in [6.45, 7) is 2.66. The van der Waals surface area contributed by atoms with E-state index >= 15 is 0 Å². The Balaban J connectivity index is 1.94. The van der Waals surface area contributed by atoms with E-state index in [-0.39, 0.29) is 0 Å². The molecule has 0 saturated carbocycles. The summed E-state index contributed by atoms with van der Waals surface area (Å²) in [5, 5.41) is 6.67. The van der Waals surface area contributed by atoms with E-state index in [1.807, 2.05) is 37.3 Å². The van der Waals surface area contributed by atoms with Crippen molar-refractivity contribution in [2.45, 2.75) is 13.5 Å². The number of hydrogen-bond acceptors (Lipinski definition) is 3. The van der Waals surface area contributed by atoms with E-state index in [4.69, 9.17) is 11.6 Å². The number of halogens is 1. The van der Waals surface area contributed by atoms with Crippen LogP contribution in [-0.4, -0.2) is 13.2 Å². The molecule has 1 amide bonds. The summed E-state index contributed by atoms with van der Waals surface area (Å²) in [6, 6.07) is 13.4. The molecule has 2 N–H and O–H groups in total. The van der Waals surface area contributed by atoms with Gasteiger partial charge in [0.15, 0.2) is 0 Å². The largest absolute Gasteiger partial charge is 0.453 e. The van der Waals surface area contributed by atoms with Crippen molar-refractivity contribution in [2.75, 3.05) is 17.7 Å². The van der Waals surface area contributed by atoms with E-state index < -0.39 is 6.09 Å². The lowest BCUT2D eigenvalue weighted by atomic mass is 10.1. The zero-order valence-electron chi connectivity index (χ0n) is 11.9. The number of methoxy groups -OCH3 is 1. The van der Waals surface area contributed by atoms with E-state index in [0.717, 1.165) is 21.8 Å². The van der Waals surface area contributed by atoms with Gasteiger partial charge in [0, 0.05) is 22.9 Å². The van der Waals surface area contributed by atoms with Crippen molar-refractivity contribution in [1.82, 2.24) is 0 Å². The molecule has 5 heteroatoms. The van der Waals surface area contributed by atoms with Crippen LogP contribution in [0.15, 0.2) is 42.5 Å². The Bertz CT molecular complexity index is 627. The van der Waals surface area contributed by atoms with E-state index in [1.54, 1.807) is 12.1 Å². The average Bonchev–Trinajstić information content (AvgIpc) is 2.50. The lowest BCUT2D eigenvalue weighted by Gasteiger charge is -2.09. The number of hydrogen-bond donors (Lipinski definition) is 2. The van der Waals surface area contributed by atoms with Gasteiger partial charge < -0.3 is 10.1 Å². The molecular weight excluding hydrogens is 288 g/mol. The van der Waals surface area contributed by atoms with Gasteiger partial charge in [0.25, 0.3) is 0 Å². The molecule has 2 aromatic rings. The highest BCUT2D eigenvalue weighted by Crippen LogP contribution is 2.18. The number of aryl methyl sites for hydroxylation is 1. The summed E-state index contributed by atoms with van der Waals surface area (Å²) in [5.74, 6) is 0. The normalized spacial score (nSPS) is 10.0. The van der Waals surface area contributed by atoms with Gasteiger partial charge in [0.1, 0.15) is 0 Å². The molecule has 0 spiro atoms. The summed E-state index contributed by atoms with van der Waals surface area (Å²) < 4.78 is 4.53. The van der Waals surface area contributed by atoms with Crippen molar-refractivity contribution in [3.8, 4) is 0 Å². The Morgan fingerprint density at radius 1 is 1.14 bits per heavy atom. The van der Waals surface area contributed by atoms with Crippen molar-refractivity contribution in [3.05, 3.63) is 58.6 Å². The maximum atomic E-state index is 11.1. The van der Waals surface area contributed by atoms with Crippen LogP contribution < -0.4 is 10.6 Å². The summed E-state index contributed by atoms with van der Waals surface area (Å²) in [6.07, 6.45) is -0.481. The van der Waals surface area contributed by atoms with Gasteiger partial charge in [-0.3, -0.25) is 5.32 Å². The van der Waals surface area contributed by atoms with Crippen LogP contribution in [0.25, 0.3) is 0 Å². The van der Waals surface area contributed by atoms with E-state index in [0.29, 0.717) is 12.2 Å².